The van der Waals surface area contributed by atoms with E-state index in [-0.39, 0.29) is 30.6 Å². The van der Waals surface area contributed by atoms with Crippen molar-refractivity contribution in [2.75, 3.05) is 20.8 Å². The van der Waals surface area contributed by atoms with Gasteiger partial charge in [-0.1, -0.05) is 48.5 Å². The van der Waals surface area contributed by atoms with Crippen molar-refractivity contribution in [2.24, 2.45) is 22.7 Å². The summed E-state index contributed by atoms with van der Waals surface area (Å²) in [6.45, 7) is 11.2. The lowest BCUT2D eigenvalue weighted by Gasteiger charge is -2.76. The zero-order chi connectivity index (χ0) is 43.7. The van der Waals surface area contributed by atoms with Gasteiger partial charge in [-0.2, -0.15) is 0 Å². The molecule has 1 saturated heterocycles. The van der Waals surface area contributed by atoms with Gasteiger partial charge < -0.3 is 48.7 Å². The van der Waals surface area contributed by atoms with E-state index < -0.39 is 112 Å². The molecule has 324 valence electrons. The molecular formula is C45H55NO14. The number of carbonyl (C=O) groups is 5. The highest BCUT2D eigenvalue weighted by atomic mass is 16.6. The number of alkyl carbamates (subject to hydrolysis) is 1. The Morgan fingerprint density at radius 3 is 2.13 bits per heavy atom. The lowest BCUT2D eigenvalue weighted by atomic mass is 9.32. The van der Waals surface area contributed by atoms with E-state index in [0.717, 1.165) is 0 Å². The van der Waals surface area contributed by atoms with Crippen molar-refractivity contribution < 1.29 is 67.3 Å². The minimum absolute atomic E-state index is 0.112. The first-order chi connectivity index (χ1) is 28.2. The van der Waals surface area contributed by atoms with Crippen molar-refractivity contribution in [1.82, 2.24) is 5.32 Å². The quantitative estimate of drug-likeness (QED) is 0.175. The van der Waals surface area contributed by atoms with Crippen LogP contribution in [-0.2, 0) is 47.5 Å². The maximum Gasteiger partial charge on any atom is 0.408 e. The zero-order valence-electron chi connectivity index (χ0n) is 35.4. The molecule has 4 bridgehead atoms. The molecule has 0 spiro atoms. The van der Waals surface area contributed by atoms with E-state index in [1.54, 1.807) is 102 Å². The second kappa shape index (κ2) is 15.4. The summed E-state index contributed by atoms with van der Waals surface area (Å²) in [7, 11) is 2.82. The fourth-order valence-corrected chi connectivity index (χ4v) is 11.1. The van der Waals surface area contributed by atoms with Crippen LogP contribution in [0.1, 0.15) is 83.3 Å². The van der Waals surface area contributed by atoms with E-state index in [2.05, 4.69) is 5.32 Å². The number of benzene rings is 2. The number of methoxy groups -OCH3 is 2. The number of fused-ring (bicyclic) bond motifs is 2. The summed E-state index contributed by atoms with van der Waals surface area (Å²) in [5.74, 6) is -5.10. The van der Waals surface area contributed by atoms with Gasteiger partial charge in [-0.25, -0.2) is 14.4 Å². The fourth-order valence-electron chi connectivity index (χ4n) is 11.1. The highest BCUT2D eigenvalue weighted by Crippen LogP contribution is 2.74. The maximum atomic E-state index is 15.4. The van der Waals surface area contributed by atoms with Crippen LogP contribution in [0.5, 0.6) is 0 Å². The number of nitrogens with one attached hydrogen (secondary N) is 1. The summed E-state index contributed by atoms with van der Waals surface area (Å²) in [5.41, 5.74) is -6.11. The SMILES string of the molecule is COC1C(=O)C2(C)C(OC)CC3OCC3(OC(C)=O)C2C2C(OC(=O)c3ccccc3)C3(C)C1=C(C)C(OC(=O)C(O)C(NC(=O)OC(C)(C)C)c1ccccc1)CC23O. The van der Waals surface area contributed by atoms with Gasteiger partial charge in [0.15, 0.2) is 17.5 Å². The van der Waals surface area contributed by atoms with Crippen molar-refractivity contribution in [3.63, 3.8) is 0 Å². The Balaban J connectivity index is 1.36. The minimum Gasteiger partial charge on any atom is -0.457 e. The van der Waals surface area contributed by atoms with Crippen LogP contribution >= 0.6 is 0 Å². The molecule has 4 saturated carbocycles. The van der Waals surface area contributed by atoms with Crippen LogP contribution in [0, 0.1) is 22.7 Å². The van der Waals surface area contributed by atoms with Gasteiger partial charge in [0.2, 0.25) is 0 Å². The van der Waals surface area contributed by atoms with Gasteiger partial charge in [0.25, 0.3) is 0 Å². The van der Waals surface area contributed by atoms with E-state index >= 15 is 4.79 Å². The highest BCUT2D eigenvalue weighted by Gasteiger charge is 2.86. The lowest BCUT2D eigenvalue weighted by molar-refractivity contribution is -0.381. The second-order valence-electron chi connectivity index (χ2n) is 18.1. The molecule has 1 amide bonds. The third kappa shape index (κ3) is 6.55. The van der Waals surface area contributed by atoms with Crippen LogP contribution in [0.4, 0.5) is 4.79 Å². The highest BCUT2D eigenvalue weighted by molar-refractivity contribution is 5.95. The Bertz CT molecular complexity index is 2070. The lowest BCUT2D eigenvalue weighted by Crippen LogP contribution is -2.88. The van der Waals surface area contributed by atoms with Crippen LogP contribution in [0.15, 0.2) is 71.8 Å². The number of esters is 3. The molecule has 2 aromatic carbocycles. The summed E-state index contributed by atoms with van der Waals surface area (Å²) < 4.78 is 42.4. The van der Waals surface area contributed by atoms with E-state index in [9.17, 15) is 29.4 Å². The zero-order valence-corrected chi connectivity index (χ0v) is 35.4. The van der Waals surface area contributed by atoms with E-state index in [4.69, 9.17) is 33.2 Å². The summed E-state index contributed by atoms with van der Waals surface area (Å²) in [4.78, 5) is 69.7. The molecule has 13 atom stereocenters. The smallest absolute Gasteiger partial charge is 0.408 e. The van der Waals surface area contributed by atoms with Crippen molar-refractivity contribution in [2.45, 2.75) is 121 Å². The summed E-state index contributed by atoms with van der Waals surface area (Å²) >= 11 is 0. The standard InChI is InChI=1S/C45H55NO14/c1-23-27(57-39(51)33(48)32(25-16-12-10-13-17-25)46-40(52)60-41(3,4)5)21-45(53)31-35-42(6,28(54-8)20-29-44(35,22-56-29)59-24(2)47)36(49)34(55-9)30(23)43(45,7)37(31)58-38(50)26-18-14-11-15-19-26/h10-19,27-29,31-35,37,48,53H,20-22H2,1-9H3,(H,46,52). The predicted octanol–water partition coefficient (Wildman–Crippen LogP) is 4.18. The summed E-state index contributed by atoms with van der Waals surface area (Å²) in [5, 5.41) is 27.8. The molecule has 15 heteroatoms. The molecule has 5 fully saturated rings. The van der Waals surface area contributed by atoms with Gasteiger partial charge in [-0.3, -0.25) is 9.59 Å². The average molecular weight is 834 g/mol. The number of amides is 1. The van der Waals surface area contributed by atoms with E-state index in [1.165, 1.54) is 21.1 Å². The van der Waals surface area contributed by atoms with Crippen LogP contribution < -0.4 is 5.32 Å². The molecule has 3 N–H and O–H groups in total. The van der Waals surface area contributed by atoms with Gasteiger partial charge in [0, 0.05) is 45.8 Å². The first-order valence-corrected chi connectivity index (χ1v) is 20.2. The summed E-state index contributed by atoms with van der Waals surface area (Å²) in [6, 6.07) is 15.4. The average Bonchev–Trinajstić information content (AvgIpc) is 3.19. The van der Waals surface area contributed by atoms with Crippen molar-refractivity contribution in [3.8, 4) is 0 Å². The molecule has 1 aliphatic heterocycles. The largest absolute Gasteiger partial charge is 0.457 e. The number of carbonyl (C=O) groups excluding carboxylic acids is 5. The van der Waals surface area contributed by atoms with Gasteiger partial charge in [-0.05, 0) is 70.4 Å². The Labute approximate surface area is 349 Å². The molecular weight excluding hydrogens is 778 g/mol. The Hall–Kier alpha value is -4.67. The summed E-state index contributed by atoms with van der Waals surface area (Å²) in [6.07, 6.45) is -8.33. The number of rotatable bonds is 10. The van der Waals surface area contributed by atoms with Gasteiger partial charge in [-0.15, -0.1) is 0 Å². The second-order valence-corrected chi connectivity index (χ2v) is 18.1. The molecule has 15 nitrogen and oxygen atoms in total. The molecule has 6 aliphatic rings. The molecule has 8 rings (SSSR count). The number of Topliss-reactive ketones (excluding diaryl/α,β-unsaturated/α-hetero) is 1. The first-order valence-electron chi connectivity index (χ1n) is 20.2. The molecule has 60 heavy (non-hydrogen) atoms. The number of hydrogen-bond donors (Lipinski definition) is 3. The van der Waals surface area contributed by atoms with Crippen molar-refractivity contribution >= 4 is 29.8 Å². The fraction of sp³-hybridized carbons (Fsp3) is 0.578. The van der Waals surface area contributed by atoms with Gasteiger partial charge in [0.05, 0.1) is 40.7 Å². The van der Waals surface area contributed by atoms with Gasteiger partial charge >= 0.3 is 24.0 Å². The molecule has 2 aromatic rings. The molecule has 13 unspecified atom stereocenters. The maximum absolute atomic E-state index is 15.4. The molecule has 1 heterocycles. The first kappa shape index (κ1) is 43.4. The third-order valence-electron chi connectivity index (χ3n) is 13.8. The molecule has 5 aliphatic carbocycles. The number of hydrogen-bond acceptors (Lipinski definition) is 14. The van der Waals surface area contributed by atoms with Crippen molar-refractivity contribution in [3.05, 3.63) is 82.9 Å². The number of aliphatic hydroxyl groups excluding tert-OH is 1. The van der Waals surface area contributed by atoms with Gasteiger partial charge in [0.1, 0.15) is 30.0 Å². The monoisotopic (exact) mass is 833 g/mol. The number of ketones is 1. The number of aliphatic hydroxyl groups is 2. The van der Waals surface area contributed by atoms with E-state index in [0.29, 0.717) is 11.1 Å². The van der Waals surface area contributed by atoms with Crippen LogP contribution in [-0.4, -0.2) is 114 Å². The van der Waals surface area contributed by atoms with Crippen LogP contribution in [0.25, 0.3) is 0 Å². The van der Waals surface area contributed by atoms with Crippen LogP contribution in [0.3, 0.4) is 0 Å². The normalized spacial score (nSPS) is 36.3. The van der Waals surface area contributed by atoms with Crippen molar-refractivity contribution in [1.29, 1.82) is 0 Å². The molecule has 0 radical (unpaired) electrons. The Morgan fingerprint density at radius 2 is 1.58 bits per heavy atom. The Kier molecular flexibility index (Phi) is 11.1. The van der Waals surface area contributed by atoms with Crippen LogP contribution in [0.2, 0.25) is 0 Å². The minimum atomic E-state index is -1.96. The Morgan fingerprint density at radius 1 is 0.950 bits per heavy atom. The molecule has 0 aromatic heterocycles. The predicted molar refractivity (Wildman–Crippen MR) is 211 cm³/mol. The third-order valence-corrected chi connectivity index (χ3v) is 13.8. The number of ether oxygens (including phenoxy) is 7. The topological polar surface area (TPSA) is 202 Å². The van der Waals surface area contributed by atoms with E-state index in [1.807, 2.05) is 0 Å².